The molecule has 1 aromatic heterocycles. The van der Waals surface area contributed by atoms with Gasteiger partial charge in [-0.25, -0.2) is 4.68 Å². The van der Waals surface area contributed by atoms with Gasteiger partial charge in [0.25, 0.3) is 5.91 Å². The minimum atomic E-state index is -0.143. The molecule has 2 heterocycles. The van der Waals surface area contributed by atoms with Gasteiger partial charge in [-0.3, -0.25) is 4.79 Å². The number of anilines is 1. The third-order valence-electron chi connectivity index (χ3n) is 2.48. The first-order chi connectivity index (χ1) is 7.81. The van der Waals surface area contributed by atoms with E-state index in [1.807, 2.05) is 11.6 Å². The zero-order valence-electron chi connectivity index (χ0n) is 9.27. The SMILES string of the molecule is CCOCC(=O)Nc1ccnn1C1CNC1. The zero-order valence-corrected chi connectivity index (χ0v) is 9.27. The molecule has 2 N–H and O–H groups in total. The molecule has 1 aliphatic rings. The van der Waals surface area contributed by atoms with Gasteiger partial charge in [-0.15, -0.1) is 0 Å². The van der Waals surface area contributed by atoms with E-state index in [-0.39, 0.29) is 12.5 Å². The highest BCUT2D eigenvalue weighted by molar-refractivity contribution is 5.90. The highest BCUT2D eigenvalue weighted by atomic mass is 16.5. The number of rotatable bonds is 5. The van der Waals surface area contributed by atoms with E-state index in [0.29, 0.717) is 12.6 Å². The molecular formula is C10H16N4O2. The lowest BCUT2D eigenvalue weighted by Gasteiger charge is -2.28. The molecule has 0 aliphatic carbocycles. The van der Waals surface area contributed by atoms with Gasteiger partial charge in [0.05, 0.1) is 12.2 Å². The van der Waals surface area contributed by atoms with Crippen LogP contribution in [0.4, 0.5) is 5.82 Å². The Labute approximate surface area is 94.0 Å². The second-order valence-corrected chi connectivity index (χ2v) is 3.66. The quantitative estimate of drug-likeness (QED) is 0.739. The molecule has 2 rings (SSSR count). The Morgan fingerprint density at radius 1 is 1.75 bits per heavy atom. The largest absolute Gasteiger partial charge is 0.372 e. The average molecular weight is 224 g/mol. The molecule has 6 heteroatoms. The van der Waals surface area contributed by atoms with Gasteiger partial charge in [-0.05, 0) is 6.92 Å². The van der Waals surface area contributed by atoms with Gasteiger partial charge in [0, 0.05) is 25.8 Å². The van der Waals surface area contributed by atoms with Crippen molar-refractivity contribution in [1.29, 1.82) is 0 Å². The summed E-state index contributed by atoms with van der Waals surface area (Å²) in [6, 6.07) is 2.14. The Kier molecular flexibility index (Phi) is 3.53. The van der Waals surface area contributed by atoms with E-state index in [1.54, 1.807) is 12.3 Å². The number of carbonyl (C=O) groups excluding carboxylic acids is 1. The maximum Gasteiger partial charge on any atom is 0.251 e. The van der Waals surface area contributed by atoms with E-state index in [4.69, 9.17) is 4.74 Å². The predicted molar refractivity (Wildman–Crippen MR) is 59.3 cm³/mol. The van der Waals surface area contributed by atoms with Crippen LogP contribution in [-0.4, -0.2) is 42.0 Å². The van der Waals surface area contributed by atoms with Crippen molar-refractivity contribution in [2.24, 2.45) is 0 Å². The van der Waals surface area contributed by atoms with Crippen molar-refractivity contribution < 1.29 is 9.53 Å². The number of nitrogens with one attached hydrogen (secondary N) is 2. The van der Waals surface area contributed by atoms with Crippen LogP contribution < -0.4 is 10.6 Å². The lowest BCUT2D eigenvalue weighted by molar-refractivity contribution is -0.120. The molecule has 0 saturated carbocycles. The Hall–Kier alpha value is -1.40. The van der Waals surface area contributed by atoms with Crippen molar-refractivity contribution in [3.63, 3.8) is 0 Å². The number of hydrogen-bond donors (Lipinski definition) is 2. The van der Waals surface area contributed by atoms with Crippen LogP contribution in [-0.2, 0) is 9.53 Å². The van der Waals surface area contributed by atoms with Crippen molar-refractivity contribution in [1.82, 2.24) is 15.1 Å². The molecule has 1 aliphatic heterocycles. The Morgan fingerprint density at radius 2 is 2.56 bits per heavy atom. The number of aromatic nitrogens is 2. The molecule has 0 bridgehead atoms. The van der Waals surface area contributed by atoms with E-state index in [9.17, 15) is 4.79 Å². The van der Waals surface area contributed by atoms with E-state index in [2.05, 4.69) is 15.7 Å². The number of carbonyl (C=O) groups is 1. The number of ether oxygens (including phenoxy) is 1. The van der Waals surface area contributed by atoms with Gasteiger partial charge in [-0.2, -0.15) is 5.10 Å². The molecule has 0 unspecified atom stereocenters. The summed E-state index contributed by atoms with van der Waals surface area (Å²) < 4.78 is 6.86. The molecule has 1 amide bonds. The van der Waals surface area contributed by atoms with Gasteiger partial charge < -0.3 is 15.4 Å². The fourth-order valence-corrected chi connectivity index (χ4v) is 1.52. The van der Waals surface area contributed by atoms with Crippen LogP contribution in [0.3, 0.4) is 0 Å². The standard InChI is InChI=1S/C10H16N4O2/c1-2-16-7-10(15)13-9-3-4-12-14(9)8-5-11-6-8/h3-4,8,11H,2,5-7H2,1H3,(H,13,15). The summed E-state index contributed by atoms with van der Waals surface area (Å²) in [5.74, 6) is 0.590. The van der Waals surface area contributed by atoms with Crippen LogP contribution in [0.25, 0.3) is 0 Å². The maximum absolute atomic E-state index is 11.5. The van der Waals surface area contributed by atoms with Gasteiger partial charge >= 0.3 is 0 Å². The highest BCUT2D eigenvalue weighted by Crippen LogP contribution is 2.17. The first-order valence-electron chi connectivity index (χ1n) is 5.43. The third kappa shape index (κ3) is 2.40. The summed E-state index contributed by atoms with van der Waals surface area (Å²) in [5, 5.41) is 10.1. The second-order valence-electron chi connectivity index (χ2n) is 3.66. The normalized spacial score (nSPS) is 15.8. The monoisotopic (exact) mass is 224 g/mol. The summed E-state index contributed by atoms with van der Waals surface area (Å²) in [7, 11) is 0. The second kappa shape index (κ2) is 5.09. The van der Waals surface area contributed by atoms with E-state index >= 15 is 0 Å². The summed E-state index contributed by atoms with van der Waals surface area (Å²) in [4.78, 5) is 11.5. The first kappa shape index (κ1) is 11.1. The van der Waals surface area contributed by atoms with Gasteiger partial charge in [0.1, 0.15) is 12.4 Å². The first-order valence-corrected chi connectivity index (χ1v) is 5.43. The zero-order chi connectivity index (χ0) is 11.4. The van der Waals surface area contributed by atoms with Crippen molar-refractivity contribution in [2.45, 2.75) is 13.0 Å². The van der Waals surface area contributed by atoms with Gasteiger partial charge in [0.15, 0.2) is 0 Å². The Morgan fingerprint density at radius 3 is 3.19 bits per heavy atom. The topological polar surface area (TPSA) is 68.2 Å². The molecule has 16 heavy (non-hydrogen) atoms. The molecule has 1 aromatic rings. The number of amides is 1. The van der Waals surface area contributed by atoms with Crippen molar-refractivity contribution in [3.8, 4) is 0 Å². The summed E-state index contributed by atoms with van der Waals surface area (Å²) in [6.07, 6.45) is 1.69. The van der Waals surface area contributed by atoms with Crippen molar-refractivity contribution in [3.05, 3.63) is 12.3 Å². The number of nitrogens with zero attached hydrogens (tertiary/aromatic N) is 2. The molecule has 6 nitrogen and oxygen atoms in total. The number of hydrogen-bond acceptors (Lipinski definition) is 4. The van der Waals surface area contributed by atoms with Crippen molar-refractivity contribution in [2.75, 3.05) is 31.6 Å². The van der Waals surface area contributed by atoms with Crippen molar-refractivity contribution >= 4 is 11.7 Å². The minimum absolute atomic E-state index is 0.0879. The Balaban J connectivity index is 1.93. The van der Waals surface area contributed by atoms with Gasteiger partial charge in [-0.1, -0.05) is 0 Å². The average Bonchev–Trinajstić information content (AvgIpc) is 2.61. The molecule has 0 radical (unpaired) electrons. The molecular weight excluding hydrogens is 208 g/mol. The summed E-state index contributed by atoms with van der Waals surface area (Å²) in [5.41, 5.74) is 0. The molecule has 0 aromatic carbocycles. The van der Waals surface area contributed by atoms with Crippen LogP contribution in [0.5, 0.6) is 0 Å². The third-order valence-corrected chi connectivity index (χ3v) is 2.48. The lowest BCUT2D eigenvalue weighted by Crippen LogP contribution is -2.44. The highest BCUT2D eigenvalue weighted by Gasteiger charge is 2.22. The van der Waals surface area contributed by atoms with E-state index < -0.39 is 0 Å². The molecule has 1 saturated heterocycles. The fraction of sp³-hybridized carbons (Fsp3) is 0.600. The van der Waals surface area contributed by atoms with Crippen LogP contribution in [0, 0.1) is 0 Å². The van der Waals surface area contributed by atoms with Crippen LogP contribution in [0.1, 0.15) is 13.0 Å². The minimum Gasteiger partial charge on any atom is -0.372 e. The predicted octanol–water partition coefficient (Wildman–Crippen LogP) is 0.00240. The maximum atomic E-state index is 11.5. The Bertz CT molecular complexity index is 359. The van der Waals surface area contributed by atoms with E-state index in [0.717, 1.165) is 18.9 Å². The van der Waals surface area contributed by atoms with Crippen LogP contribution in [0.15, 0.2) is 12.3 Å². The molecule has 0 atom stereocenters. The van der Waals surface area contributed by atoms with Gasteiger partial charge in [0.2, 0.25) is 0 Å². The van der Waals surface area contributed by atoms with Crippen LogP contribution >= 0.6 is 0 Å². The lowest BCUT2D eigenvalue weighted by atomic mass is 10.2. The van der Waals surface area contributed by atoms with Crippen LogP contribution in [0.2, 0.25) is 0 Å². The smallest absolute Gasteiger partial charge is 0.251 e. The van der Waals surface area contributed by atoms with E-state index in [1.165, 1.54) is 0 Å². The summed E-state index contributed by atoms with van der Waals surface area (Å²) in [6.45, 7) is 4.29. The fourth-order valence-electron chi connectivity index (χ4n) is 1.52. The molecule has 88 valence electrons. The molecule has 1 fully saturated rings. The molecule has 0 spiro atoms. The summed E-state index contributed by atoms with van der Waals surface area (Å²) >= 11 is 0.